The number of piperidine rings is 1. The Hall–Kier alpha value is -3.49. The molecular formula is C20H24N8O. The number of hydrogen-bond donors (Lipinski definition) is 2. The molecule has 1 aromatic carbocycles. The Morgan fingerprint density at radius 1 is 1.28 bits per heavy atom. The number of hydrogen-bond acceptors (Lipinski definition) is 7. The smallest absolute Gasteiger partial charge is 0.273 e. The maximum Gasteiger partial charge on any atom is 0.273 e. The van der Waals surface area contributed by atoms with Crippen LogP contribution in [0.25, 0.3) is 5.69 Å². The average molecular weight is 392 g/mol. The van der Waals surface area contributed by atoms with Gasteiger partial charge in [0.1, 0.15) is 5.82 Å². The van der Waals surface area contributed by atoms with Crippen LogP contribution in [0.1, 0.15) is 29.0 Å². The minimum atomic E-state index is -0.216. The molecule has 9 nitrogen and oxygen atoms in total. The minimum Gasteiger partial charge on any atom is -0.368 e. The first-order valence-corrected chi connectivity index (χ1v) is 9.70. The summed E-state index contributed by atoms with van der Waals surface area (Å²) in [7, 11) is 0. The van der Waals surface area contributed by atoms with Crippen molar-refractivity contribution in [3.8, 4) is 5.69 Å². The first-order valence-electron chi connectivity index (χ1n) is 9.70. The molecule has 9 heteroatoms. The topological polar surface area (TPSA) is 115 Å². The maximum atomic E-state index is 12.5. The monoisotopic (exact) mass is 392 g/mol. The second-order valence-corrected chi connectivity index (χ2v) is 7.27. The highest BCUT2D eigenvalue weighted by Crippen LogP contribution is 2.22. The normalized spacial score (nSPS) is 16.6. The molecule has 1 unspecified atom stereocenters. The molecule has 0 aliphatic carbocycles. The van der Waals surface area contributed by atoms with E-state index in [9.17, 15) is 4.79 Å². The largest absolute Gasteiger partial charge is 0.368 e. The van der Waals surface area contributed by atoms with Crippen molar-refractivity contribution in [1.29, 1.82) is 0 Å². The summed E-state index contributed by atoms with van der Waals surface area (Å²) in [5.41, 5.74) is 7.81. The van der Waals surface area contributed by atoms with Crippen molar-refractivity contribution in [2.45, 2.75) is 19.8 Å². The van der Waals surface area contributed by atoms with Gasteiger partial charge in [-0.3, -0.25) is 4.79 Å². The van der Waals surface area contributed by atoms with Gasteiger partial charge in [0.25, 0.3) is 5.91 Å². The van der Waals surface area contributed by atoms with Crippen LogP contribution < -0.4 is 16.0 Å². The zero-order valence-electron chi connectivity index (χ0n) is 16.3. The number of benzene rings is 1. The number of nitrogen functional groups attached to an aromatic ring is 1. The van der Waals surface area contributed by atoms with E-state index in [2.05, 4.69) is 30.5 Å². The lowest BCUT2D eigenvalue weighted by molar-refractivity contribution is 0.0940. The maximum absolute atomic E-state index is 12.5. The number of anilines is 2. The number of aryl methyl sites for hydroxylation is 1. The van der Waals surface area contributed by atoms with E-state index in [1.54, 1.807) is 10.9 Å². The van der Waals surface area contributed by atoms with Crippen LogP contribution in [0.3, 0.4) is 0 Å². The molecule has 29 heavy (non-hydrogen) atoms. The molecule has 0 radical (unpaired) electrons. The molecule has 0 bridgehead atoms. The number of nitrogens with zero attached hydrogens (tertiary/aromatic N) is 6. The molecule has 2 aromatic heterocycles. The number of rotatable bonds is 5. The fraction of sp³-hybridized carbons (Fsp3) is 0.350. The Kier molecular flexibility index (Phi) is 5.37. The van der Waals surface area contributed by atoms with Gasteiger partial charge in [0.15, 0.2) is 5.69 Å². The van der Waals surface area contributed by atoms with E-state index in [1.807, 2.05) is 43.3 Å². The Labute approximate surface area is 169 Å². The average Bonchev–Trinajstić information content (AvgIpc) is 3.23. The first kappa shape index (κ1) is 18.9. The summed E-state index contributed by atoms with van der Waals surface area (Å²) < 4.78 is 1.60. The molecule has 1 amide bonds. The Morgan fingerprint density at radius 3 is 2.90 bits per heavy atom. The molecule has 0 saturated carbocycles. The van der Waals surface area contributed by atoms with Crippen molar-refractivity contribution in [2.75, 3.05) is 30.3 Å². The summed E-state index contributed by atoms with van der Waals surface area (Å²) in [5.74, 6) is 1.24. The molecular weight excluding hydrogens is 368 g/mol. The SMILES string of the molecule is Cc1cc(N2CCCC(CNC(=O)c3cn(-c4ccccc4)nn3)C2)nc(N)n1. The molecule has 3 N–H and O–H groups in total. The van der Waals surface area contributed by atoms with Gasteiger partial charge >= 0.3 is 0 Å². The van der Waals surface area contributed by atoms with Crippen LogP contribution in [0.4, 0.5) is 11.8 Å². The summed E-state index contributed by atoms with van der Waals surface area (Å²) in [6.45, 7) is 4.22. The van der Waals surface area contributed by atoms with Gasteiger partial charge in [-0.1, -0.05) is 23.4 Å². The van der Waals surface area contributed by atoms with E-state index >= 15 is 0 Å². The van der Waals surface area contributed by atoms with E-state index in [4.69, 9.17) is 5.73 Å². The van der Waals surface area contributed by atoms with Crippen LogP contribution in [-0.4, -0.2) is 50.5 Å². The van der Waals surface area contributed by atoms with Crippen LogP contribution in [0.2, 0.25) is 0 Å². The summed E-state index contributed by atoms with van der Waals surface area (Å²) in [6.07, 6.45) is 3.73. The van der Waals surface area contributed by atoms with E-state index < -0.39 is 0 Å². The van der Waals surface area contributed by atoms with Crippen molar-refractivity contribution < 1.29 is 4.79 Å². The summed E-state index contributed by atoms with van der Waals surface area (Å²) in [5, 5.41) is 11.0. The van der Waals surface area contributed by atoms with Gasteiger partial charge < -0.3 is 16.0 Å². The molecule has 1 aliphatic heterocycles. The molecule has 1 aliphatic rings. The quantitative estimate of drug-likeness (QED) is 0.677. The lowest BCUT2D eigenvalue weighted by Crippen LogP contribution is -2.41. The number of amides is 1. The lowest BCUT2D eigenvalue weighted by Gasteiger charge is -2.33. The molecule has 3 aromatic rings. The van der Waals surface area contributed by atoms with Gasteiger partial charge in [-0.15, -0.1) is 5.10 Å². The highest BCUT2D eigenvalue weighted by molar-refractivity contribution is 5.91. The van der Waals surface area contributed by atoms with Crippen molar-refractivity contribution in [3.63, 3.8) is 0 Å². The van der Waals surface area contributed by atoms with Gasteiger partial charge in [0.2, 0.25) is 5.95 Å². The summed E-state index contributed by atoms with van der Waals surface area (Å²) in [4.78, 5) is 23.2. The van der Waals surface area contributed by atoms with E-state index in [-0.39, 0.29) is 11.9 Å². The number of para-hydroxylation sites is 1. The van der Waals surface area contributed by atoms with Crippen LogP contribution in [0.5, 0.6) is 0 Å². The Balaban J connectivity index is 1.35. The lowest BCUT2D eigenvalue weighted by atomic mass is 9.98. The molecule has 1 atom stereocenters. The highest BCUT2D eigenvalue weighted by Gasteiger charge is 2.22. The second kappa shape index (κ2) is 8.26. The third-order valence-electron chi connectivity index (χ3n) is 5.00. The predicted octanol–water partition coefficient (Wildman–Crippen LogP) is 1.59. The fourth-order valence-electron chi connectivity index (χ4n) is 3.58. The molecule has 4 rings (SSSR count). The first-order chi connectivity index (χ1) is 14.1. The highest BCUT2D eigenvalue weighted by atomic mass is 16.2. The Morgan fingerprint density at radius 2 is 2.10 bits per heavy atom. The van der Waals surface area contributed by atoms with Crippen molar-refractivity contribution in [3.05, 3.63) is 54.0 Å². The van der Waals surface area contributed by atoms with Gasteiger partial charge in [-0.25, -0.2) is 9.67 Å². The van der Waals surface area contributed by atoms with Gasteiger partial charge in [-0.05, 0) is 37.8 Å². The third kappa shape index (κ3) is 4.50. The van der Waals surface area contributed by atoms with Crippen LogP contribution in [0.15, 0.2) is 42.6 Å². The number of carbonyl (C=O) groups is 1. The van der Waals surface area contributed by atoms with Crippen molar-refractivity contribution >= 4 is 17.7 Å². The van der Waals surface area contributed by atoms with E-state index in [0.717, 1.165) is 43.1 Å². The molecule has 0 spiro atoms. The zero-order chi connectivity index (χ0) is 20.2. The summed E-state index contributed by atoms with van der Waals surface area (Å²) >= 11 is 0. The third-order valence-corrected chi connectivity index (χ3v) is 5.00. The fourth-order valence-corrected chi connectivity index (χ4v) is 3.58. The van der Waals surface area contributed by atoms with Crippen molar-refractivity contribution in [2.24, 2.45) is 5.92 Å². The summed E-state index contributed by atoms with van der Waals surface area (Å²) in [6, 6.07) is 11.5. The standard InChI is InChI=1S/C20H24N8O/c1-14-10-18(24-20(21)23-14)27-9-5-6-15(12-27)11-22-19(29)17-13-28(26-25-17)16-7-3-2-4-8-16/h2-4,7-8,10,13,15H,5-6,9,11-12H2,1H3,(H,22,29)(H2,21,23,24). The van der Waals surface area contributed by atoms with Gasteiger partial charge in [0.05, 0.1) is 11.9 Å². The predicted molar refractivity (Wildman–Crippen MR) is 110 cm³/mol. The number of aromatic nitrogens is 5. The second-order valence-electron chi connectivity index (χ2n) is 7.27. The molecule has 3 heterocycles. The van der Waals surface area contributed by atoms with Gasteiger partial charge in [-0.2, -0.15) is 4.98 Å². The number of carbonyl (C=O) groups excluding carboxylic acids is 1. The minimum absolute atomic E-state index is 0.216. The van der Waals surface area contributed by atoms with Crippen LogP contribution in [0, 0.1) is 12.8 Å². The van der Waals surface area contributed by atoms with E-state index in [0.29, 0.717) is 18.2 Å². The Bertz CT molecular complexity index is 967. The van der Waals surface area contributed by atoms with Crippen LogP contribution in [-0.2, 0) is 0 Å². The molecule has 150 valence electrons. The molecule has 1 fully saturated rings. The van der Waals surface area contributed by atoms with E-state index in [1.165, 1.54) is 0 Å². The van der Waals surface area contributed by atoms with Gasteiger partial charge in [0, 0.05) is 31.4 Å². The number of nitrogens with two attached hydrogens (primary N) is 1. The molecule has 1 saturated heterocycles. The number of nitrogens with one attached hydrogen (secondary N) is 1. The zero-order valence-corrected chi connectivity index (χ0v) is 16.3. The van der Waals surface area contributed by atoms with Crippen LogP contribution >= 0.6 is 0 Å². The van der Waals surface area contributed by atoms with Crippen molar-refractivity contribution in [1.82, 2.24) is 30.3 Å².